The lowest BCUT2D eigenvalue weighted by molar-refractivity contribution is 0.205. The summed E-state index contributed by atoms with van der Waals surface area (Å²) >= 11 is 3.25. The third-order valence-electron chi connectivity index (χ3n) is 1.83. The average Bonchev–Trinajstić information content (AvgIpc) is 2.22. The van der Waals surface area contributed by atoms with Crippen LogP contribution in [0.25, 0.3) is 0 Å². The second kappa shape index (κ2) is 5.20. The van der Waals surface area contributed by atoms with Gasteiger partial charge in [-0.1, -0.05) is 0 Å². The van der Waals surface area contributed by atoms with Gasteiger partial charge in [0.15, 0.2) is 0 Å². The number of nitrogens with two attached hydrogens (primary N) is 1. The number of nitrogen functional groups attached to an aromatic ring is 1. The Balaban J connectivity index is 3.05. The molecule has 0 aliphatic carbocycles. The first-order valence-corrected chi connectivity index (χ1v) is 4.96. The predicted molar refractivity (Wildman–Crippen MR) is 62.8 cm³/mol. The van der Waals surface area contributed by atoms with Gasteiger partial charge in [-0.15, -0.1) is 0 Å². The Morgan fingerprint density at radius 3 is 2.67 bits per heavy atom. The summed E-state index contributed by atoms with van der Waals surface area (Å²) in [5, 5.41) is 12.2. The van der Waals surface area contributed by atoms with Crippen molar-refractivity contribution in [3.63, 3.8) is 0 Å². The number of benzene rings is 1. The third kappa shape index (κ3) is 2.74. The number of rotatable bonds is 4. The smallest absolute Gasteiger partial charge is 0.144 e. The molecule has 0 unspecified atom stereocenters. The van der Waals surface area contributed by atoms with Gasteiger partial charge < -0.3 is 25.5 Å². The van der Waals surface area contributed by atoms with Crippen molar-refractivity contribution in [1.82, 2.24) is 0 Å². The minimum atomic E-state index is -0.0422. The van der Waals surface area contributed by atoms with Gasteiger partial charge in [-0.2, -0.15) is 0 Å². The molecule has 2 N–H and O–H groups in total. The largest absolute Gasteiger partial charge is 0.757 e. The van der Waals surface area contributed by atoms with Crippen molar-refractivity contribution in [2.45, 2.75) is 0 Å². The number of methoxy groups -OCH3 is 2. The zero-order valence-electron chi connectivity index (χ0n) is 8.49. The Morgan fingerprint density at radius 2 is 2.13 bits per heavy atom. The summed E-state index contributed by atoms with van der Waals surface area (Å²) in [6, 6.07) is 3.18. The van der Waals surface area contributed by atoms with E-state index < -0.39 is 0 Å². The molecule has 0 atom stereocenters. The zero-order valence-corrected chi connectivity index (χ0v) is 10.1. The maximum absolute atomic E-state index is 11.5. The molecule has 0 amide bonds. The summed E-state index contributed by atoms with van der Waals surface area (Å²) in [6.45, 7) is -0.0422. The minimum Gasteiger partial charge on any atom is -0.757 e. The molecule has 0 saturated carbocycles. The Hall–Kier alpha value is -0.980. The predicted octanol–water partition coefficient (Wildman–Crippen LogP) is 1.95. The van der Waals surface area contributed by atoms with Crippen molar-refractivity contribution in [3.05, 3.63) is 21.8 Å². The highest BCUT2D eigenvalue weighted by Gasteiger charge is 2.07. The van der Waals surface area contributed by atoms with Gasteiger partial charge in [0.05, 0.1) is 12.8 Å². The standard InChI is InChI=1S/C9H12BrN2O3/c1-14-5-12(13)6-3-7(10)9(11)8(4-6)15-2/h3-4H,5,11H2,1-2H3/q-1. The van der Waals surface area contributed by atoms with Crippen LogP contribution in [0.5, 0.6) is 5.75 Å². The normalized spacial score (nSPS) is 10.1. The number of hydroxylamine groups is 1. The molecule has 0 heterocycles. The second-order valence-electron chi connectivity index (χ2n) is 2.84. The minimum absolute atomic E-state index is 0.0422. The fourth-order valence-corrected chi connectivity index (χ4v) is 1.51. The second-order valence-corrected chi connectivity index (χ2v) is 3.69. The molecule has 0 spiro atoms. The van der Waals surface area contributed by atoms with Crippen LogP contribution in [0.4, 0.5) is 11.4 Å². The molecule has 84 valence electrons. The van der Waals surface area contributed by atoms with Gasteiger partial charge in [0.1, 0.15) is 12.5 Å². The molecular formula is C9H12BrN2O3-. The van der Waals surface area contributed by atoms with Crippen LogP contribution in [0.3, 0.4) is 0 Å². The van der Waals surface area contributed by atoms with E-state index >= 15 is 0 Å². The summed E-state index contributed by atoms with van der Waals surface area (Å²) in [5.74, 6) is 0.455. The Morgan fingerprint density at radius 1 is 1.47 bits per heavy atom. The van der Waals surface area contributed by atoms with E-state index in [1.807, 2.05) is 0 Å². The van der Waals surface area contributed by atoms with E-state index in [-0.39, 0.29) is 6.73 Å². The lowest BCUT2D eigenvalue weighted by Gasteiger charge is -2.30. The van der Waals surface area contributed by atoms with Crippen LogP contribution in [0, 0.1) is 5.21 Å². The van der Waals surface area contributed by atoms with E-state index in [1.54, 1.807) is 12.1 Å². The molecule has 0 saturated heterocycles. The fraction of sp³-hybridized carbons (Fsp3) is 0.333. The fourth-order valence-electron chi connectivity index (χ4n) is 1.08. The summed E-state index contributed by atoms with van der Waals surface area (Å²) in [4.78, 5) is 0. The first-order chi connectivity index (χ1) is 7.10. The van der Waals surface area contributed by atoms with Crippen molar-refractivity contribution < 1.29 is 9.47 Å². The number of anilines is 2. The van der Waals surface area contributed by atoms with Gasteiger partial charge in [-0.25, -0.2) is 0 Å². The monoisotopic (exact) mass is 275 g/mol. The lowest BCUT2D eigenvalue weighted by atomic mass is 10.2. The number of hydrogen-bond acceptors (Lipinski definition) is 5. The maximum Gasteiger partial charge on any atom is 0.144 e. The van der Waals surface area contributed by atoms with Crippen LogP contribution >= 0.6 is 15.9 Å². The molecule has 0 fully saturated rings. The van der Waals surface area contributed by atoms with Gasteiger partial charge in [-0.3, -0.25) is 0 Å². The quantitative estimate of drug-likeness (QED) is 0.517. The van der Waals surface area contributed by atoms with Crippen LogP contribution in [0.2, 0.25) is 0 Å². The molecule has 0 aromatic heterocycles. The highest BCUT2D eigenvalue weighted by atomic mass is 79.9. The number of ether oxygens (including phenoxy) is 2. The lowest BCUT2D eigenvalue weighted by Crippen LogP contribution is -2.17. The van der Waals surface area contributed by atoms with Crippen LogP contribution in [0.1, 0.15) is 0 Å². The highest BCUT2D eigenvalue weighted by molar-refractivity contribution is 9.10. The van der Waals surface area contributed by atoms with Gasteiger partial charge >= 0.3 is 0 Å². The number of hydrogen-bond donors (Lipinski definition) is 1. The Kier molecular flexibility index (Phi) is 4.19. The van der Waals surface area contributed by atoms with Gasteiger partial charge in [0, 0.05) is 23.3 Å². The van der Waals surface area contributed by atoms with Crippen molar-refractivity contribution in [2.75, 3.05) is 31.7 Å². The third-order valence-corrected chi connectivity index (χ3v) is 2.49. The summed E-state index contributed by atoms with van der Waals surface area (Å²) < 4.78 is 10.4. The summed E-state index contributed by atoms with van der Waals surface area (Å²) in [7, 11) is 2.95. The Bertz CT molecular complexity index is 346. The molecule has 0 aliphatic rings. The van der Waals surface area contributed by atoms with E-state index in [0.717, 1.165) is 0 Å². The van der Waals surface area contributed by atoms with Crippen LogP contribution in [0.15, 0.2) is 16.6 Å². The van der Waals surface area contributed by atoms with E-state index in [2.05, 4.69) is 15.9 Å². The first kappa shape index (κ1) is 12.1. The molecule has 1 aromatic carbocycles. The zero-order chi connectivity index (χ0) is 11.4. The van der Waals surface area contributed by atoms with Crippen LogP contribution < -0.4 is 15.5 Å². The van der Waals surface area contributed by atoms with Crippen molar-refractivity contribution in [3.8, 4) is 5.75 Å². The average molecular weight is 276 g/mol. The number of halogens is 1. The molecule has 0 radical (unpaired) electrons. The van der Waals surface area contributed by atoms with Crippen molar-refractivity contribution in [2.24, 2.45) is 0 Å². The molecule has 6 heteroatoms. The van der Waals surface area contributed by atoms with Gasteiger partial charge in [-0.05, 0) is 22.0 Å². The molecular weight excluding hydrogens is 264 g/mol. The SMILES string of the molecule is COCN([O-])c1cc(Br)c(N)c(OC)c1. The molecule has 1 aromatic rings. The first-order valence-electron chi connectivity index (χ1n) is 4.16. The maximum atomic E-state index is 11.5. The molecule has 0 bridgehead atoms. The van der Waals surface area contributed by atoms with E-state index in [4.69, 9.17) is 15.2 Å². The molecule has 15 heavy (non-hydrogen) atoms. The highest BCUT2D eigenvalue weighted by Crippen LogP contribution is 2.34. The topological polar surface area (TPSA) is 70.8 Å². The molecule has 0 aliphatic heterocycles. The van der Waals surface area contributed by atoms with Gasteiger partial charge in [0.25, 0.3) is 0 Å². The molecule has 5 nitrogen and oxygen atoms in total. The van der Waals surface area contributed by atoms with Crippen LogP contribution in [-0.4, -0.2) is 21.0 Å². The van der Waals surface area contributed by atoms with E-state index in [0.29, 0.717) is 26.7 Å². The Labute approximate surface area is 96.5 Å². The van der Waals surface area contributed by atoms with E-state index in [1.165, 1.54) is 14.2 Å². The van der Waals surface area contributed by atoms with Crippen molar-refractivity contribution in [1.29, 1.82) is 0 Å². The van der Waals surface area contributed by atoms with Crippen LogP contribution in [-0.2, 0) is 4.74 Å². The summed E-state index contributed by atoms with van der Waals surface area (Å²) in [5.41, 5.74) is 6.60. The summed E-state index contributed by atoms with van der Waals surface area (Å²) in [6.07, 6.45) is 0. The number of nitrogens with zero attached hydrogens (tertiary/aromatic N) is 1. The van der Waals surface area contributed by atoms with E-state index in [9.17, 15) is 5.21 Å². The molecule has 1 rings (SSSR count). The van der Waals surface area contributed by atoms with Crippen molar-refractivity contribution >= 4 is 27.3 Å². The van der Waals surface area contributed by atoms with Gasteiger partial charge in [0.2, 0.25) is 0 Å².